The molecule has 0 unspecified atom stereocenters. The molecule has 21 heavy (non-hydrogen) atoms. The van der Waals surface area contributed by atoms with Gasteiger partial charge in [0.25, 0.3) is 0 Å². The van der Waals surface area contributed by atoms with Crippen molar-refractivity contribution < 1.29 is 14.6 Å². The van der Waals surface area contributed by atoms with Gasteiger partial charge in [0, 0.05) is 17.5 Å². The van der Waals surface area contributed by atoms with Crippen LogP contribution in [0.4, 0.5) is 4.79 Å². The molecule has 1 aromatic rings. The number of likely N-dealkylation sites (tertiary alicyclic amines) is 1. The molecule has 2 atom stereocenters. The van der Waals surface area contributed by atoms with E-state index in [1.165, 1.54) is 0 Å². The predicted molar refractivity (Wildman–Crippen MR) is 82.6 cm³/mol. The quantitative estimate of drug-likeness (QED) is 0.864. The Morgan fingerprint density at radius 1 is 1.38 bits per heavy atom. The number of amides is 1. The summed E-state index contributed by atoms with van der Waals surface area (Å²) >= 11 is 6.19. The number of β-amino-alcohol motifs (C(OH)–C–C–N with tert-alkyl or cyclic N) is 1. The van der Waals surface area contributed by atoms with Crippen molar-refractivity contribution >= 4 is 17.7 Å². The number of piperidine rings is 1. The molecule has 116 valence electrons. The molecule has 1 heterocycles. The number of aliphatic hydroxyl groups is 1. The standard InChI is InChI=1S/C16H22ClNO3/c1-16(2,3)21-15(20)18-9-8-12(14(19)10-18)11-6-4-5-7-13(11)17/h4-7,12,14,19H,8-10H2,1-3H3/t12-,14-/m0/s1. The topological polar surface area (TPSA) is 49.8 Å². The van der Waals surface area contributed by atoms with Gasteiger partial charge in [-0.25, -0.2) is 4.79 Å². The van der Waals surface area contributed by atoms with Crippen LogP contribution in [0.2, 0.25) is 5.02 Å². The van der Waals surface area contributed by atoms with Crippen LogP contribution in [0.1, 0.15) is 38.7 Å². The molecule has 1 fully saturated rings. The second-order valence-electron chi connectivity index (χ2n) is 6.41. The molecular formula is C16H22ClNO3. The van der Waals surface area contributed by atoms with Gasteiger partial charge in [0.1, 0.15) is 5.60 Å². The highest BCUT2D eigenvalue weighted by Crippen LogP contribution is 2.33. The van der Waals surface area contributed by atoms with Gasteiger partial charge in [-0.3, -0.25) is 0 Å². The van der Waals surface area contributed by atoms with E-state index in [0.29, 0.717) is 18.0 Å². The molecule has 0 bridgehead atoms. The lowest BCUT2D eigenvalue weighted by atomic mass is 9.87. The Bertz CT molecular complexity index is 512. The van der Waals surface area contributed by atoms with Gasteiger partial charge in [-0.2, -0.15) is 0 Å². The van der Waals surface area contributed by atoms with Crippen molar-refractivity contribution in [3.63, 3.8) is 0 Å². The highest BCUT2D eigenvalue weighted by Gasteiger charge is 2.33. The number of hydrogen-bond acceptors (Lipinski definition) is 3. The Morgan fingerprint density at radius 2 is 2.05 bits per heavy atom. The number of carbonyl (C=O) groups excluding carboxylic acids is 1. The zero-order valence-electron chi connectivity index (χ0n) is 12.7. The Labute approximate surface area is 130 Å². The van der Waals surface area contributed by atoms with Crippen LogP contribution in [0.15, 0.2) is 24.3 Å². The van der Waals surface area contributed by atoms with Crippen LogP contribution >= 0.6 is 11.6 Å². The first kappa shape index (κ1) is 16.1. The van der Waals surface area contributed by atoms with Gasteiger partial charge in [0.05, 0.1) is 12.6 Å². The normalized spacial score (nSPS) is 23.0. The summed E-state index contributed by atoms with van der Waals surface area (Å²) in [4.78, 5) is 13.6. The van der Waals surface area contributed by atoms with Gasteiger partial charge in [0.15, 0.2) is 0 Å². The van der Waals surface area contributed by atoms with E-state index in [0.717, 1.165) is 5.56 Å². The van der Waals surface area contributed by atoms with E-state index in [-0.39, 0.29) is 18.6 Å². The number of carbonyl (C=O) groups is 1. The minimum atomic E-state index is -0.633. The first-order chi connectivity index (χ1) is 9.78. The summed E-state index contributed by atoms with van der Waals surface area (Å²) in [6.07, 6.45) is -0.338. The van der Waals surface area contributed by atoms with Crippen molar-refractivity contribution in [3.8, 4) is 0 Å². The van der Waals surface area contributed by atoms with Crippen molar-refractivity contribution in [2.24, 2.45) is 0 Å². The van der Waals surface area contributed by atoms with Crippen LogP contribution < -0.4 is 0 Å². The smallest absolute Gasteiger partial charge is 0.410 e. The molecule has 1 amide bonds. The van der Waals surface area contributed by atoms with E-state index in [9.17, 15) is 9.90 Å². The van der Waals surface area contributed by atoms with Crippen LogP contribution in [0.25, 0.3) is 0 Å². The maximum absolute atomic E-state index is 12.0. The monoisotopic (exact) mass is 311 g/mol. The molecule has 0 saturated carbocycles. The van der Waals surface area contributed by atoms with Gasteiger partial charge in [-0.15, -0.1) is 0 Å². The predicted octanol–water partition coefficient (Wildman–Crippen LogP) is 3.43. The highest BCUT2D eigenvalue weighted by molar-refractivity contribution is 6.31. The first-order valence-corrected chi connectivity index (χ1v) is 7.56. The molecule has 1 aliphatic rings. The van der Waals surface area contributed by atoms with Crippen LogP contribution in [-0.2, 0) is 4.74 Å². The number of aliphatic hydroxyl groups excluding tert-OH is 1. The Kier molecular flexibility index (Phi) is 4.79. The van der Waals surface area contributed by atoms with Crippen molar-refractivity contribution in [2.75, 3.05) is 13.1 Å². The first-order valence-electron chi connectivity index (χ1n) is 7.18. The summed E-state index contributed by atoms with van der Waals surface area (Å²) in [5.41, 5.74) is 0.414. The zero-order valence-corrected chi connectivity index (χ0v) is 13.4. The number of benzene rings is 1. The van der Waals surface area contributed by atoms with Crippen molar-refractivity contribution in [1.82, 2.24) is 4.90 Å². The van der Waals surface area contributed by atoms with E-state index in [4.69, 9.17) is 16.3 Å². The minimum absolute atomic E-state index is 0.0441. The second kappa shape index (κ2) is 6.24. The molecule has 0 aliphatic carbocycles. The van der Waals surface area contributed by atoms with E-state index in [1.54, 1.807) is 4.90 Å². The van der Waals surface area contributed by atoms with E-state index >= 15 is 0 Å². The Hall–Kier alpha value is -1.26. The third-order valence-corrected chi connectivity index (χ3v) is 3.88. The van der Waals surface area contributed by atoms with Crippen molar-refractivity contribution in [1.29, 1.82) is 0 Å². The average Bonchev–Trinajstić information content (AvgIpc) is 2.38. The lowest BCUT2D eigenvalue weighted by Gasteiger charge is -2.37. The molecule has 1 N–H and O–H groups in total. The third kappa shape index (κ3) is 4.11. The maximum Gasteiger partial charge on any atom is 0.410 e. The fourth-order valence-electron chi connectivity index (χ4n) is 2.56. The molecule has 1 saturated heterocycles. The Morgan fingerprint density at radius 3 is 2.62 bits per heavy atom. The van der Waals surface area contributed by atoms with Crippen LogP contribution in [0.5, 0.6) is 0 Å². The summed E-state index contributed by atoms with van der Waals surface area (Å²) in [6, 6.07) is 7.53. The number of halogens is 1. The van der Waals surface area contributed by atoms with Crippen molar-refractivity contribution in [3.05, 3.63) is 34.9 Å². The molecule has 1 aliphatic heterocycles. The SMILES string of the molecule is CC(C)(C)OC(=O)N1CC[C@@H](c2ccccc2Cl)[C@@H](O)C1. The Balaban J connectivity index is 2.03. The number of nitrogens with zero attached hydrogens (tertiary/aromatic N) is 1. The molecule has 0 radical (unpaired) electrons. The fourth-order valence-corrected chi connectivity index (χ4v) is 2.84. The van der Waals surface area contributed by atoms with Gasteiger partial charge in [0.2, 0.25) is 0 Å². The van der Waals surface area contributed by atoms with E-state index in [1.807, 2.05) is 45.0 Å². The van der Waals surface area contributed by atoms with Gasteiger partial charge < -0.3 is 14.7 Å². The molecular weight excluding hydrogens is 290 g/mol. The van der Waals surface area contributed by atoms with Crippen molar-refractivity contribution in [2.45, 2.75) is 44.8 Å². The summed E-state index contributed by atoms with van der Waals surface area (Å²) in [5, 5.41) is 11.0. The lowest BCUT2D eigenvalue weighted by Crippen LogP contribution is -2.47. The fraction of sp³-hybridized carbons (Fsp3) is 0.562. The summed E-state index contributed by atoms with van der Waals surface area (Å²) in [6.45, 7) is 6.32. The number of hydrogen-bond donors (Lipinski definition) is 1. The van der Waals surface area contributed by atoms with Gasteiger partial charge >= 0.3 is 6.09 Å². The number of ether oxygens (including phenoxy) is 1. The molecule has 2 rings (SSSR count). The van der Waals surface area contributed by atoms with Crippen LogP contribution in [-0.4, -0.2) is 40.9 Å². The van der Waals surface area contributed by atoms with Gasteiger partial charge in [-0.05, 0) is 38.8 Å². The highest BCUT2D eigenvalue weighted by atomic mass is 35.5. The minimum Gasteiger partial charge on any atom is -0.444 e. The summed E-state index contributed by atoms with van der Waals surface area (Å²) in [5.74, 6) is -0.0441. The molecule has 5 heteroatoms. The summed E-state index contributed by atoms with van der Waals surface area (Å²) < 4.78 is 5.34. The second-order valence-corrected chi connectivity index (χ2v) is 6.82. The molecule has 1 aromatic carbocycles. The van der Waals surface area contributed by atoms with E-state index < -0.39 is 11.7 Å². The van der Waals surface area contributed by atoms with Crippen LogP contribution in [0.3, 0.4) is 0 Å². The largest absolute Gasteiger partial charge is 0.444 e. The third-order valence-electron chi connectivity index (χ3n) is 3.54. The molecule has 0 aromatic heterocycles. The molecule has 0 spiro atoms. The van der Waals surface area contributed by atoms with Crippen LogP contribution in [0, 0.1) is 0 Å². The average molecular weight is 312 g/mol. The van der Waals surface area contributed by atoms with Gasteiger partial charge in [-0.1, -0.05) is 29.8 Å². The lowest BCUT2D eigenvalue weighted by molar-refractivity contribution is -0.00150. The number of rotatable bonds is 1. The zero-order chi connectivity index (χ0) is 15.6. The molecule has 4 nitrogen and oxygen atoms in total. The maximum atomic E-state index is 12.0. The summed E-state index contributed by atoms with van der Waals surface area (Å²) in [7, 11) is 0. The van der Waals surface area contributed by atoms with E-state index in [2.05, 4.69) is 0 Å².